The number of anilines is 1. The Morgan fingerprint density at radius 2 is 1.53 bits per heavy atom. The van der Waals surface area contributed by atoms with Crippen LogP contribution in [0.4, 0.5) is 10.5 Å². The smallest absolute Gasteiger partial charge is 0.319 e. The van der Waals surface area contributed by atoms with Crippen LogP contribution in [0.1, 0.15) is 11.3 Å². The summed E-state index contributed by atoms with van der Waals surface area (Å²) >= 11 is 0. The molecule has 1 heterocycles. The van der Waals surface area contributed by atoms with Gasteiger partial charge in [-0.05, 0) is 18.6 Å². The minimum atomic E-state index is -3.71. The molecule has 200 valence electrons. The van der Waals surface area contributed by atoms with Crippen molar-refractivity contribution >= 4 is 32.5 Å². The number of benzene rings is 3. The lowest BCUT2D eigenvalue weighted by Gasteiger charge is -2.15. The largest absolute Gasteiger partial charge is 0.493 e. The van der Waals surface area contributed by atoms with Gasteiger partial charge in [0.25, 0.3) is 0 Å². The molecule has 0 saturated carbocycles. The van der Waals surface area contributed by atoms with Gasteiger partial charge < -0.3 is 29.4 Å². The Balaban J connectivity index is 1.49. The van der Waals surface area contributed by atoms with Gasteiger partial charge in [-0.3, -0.25) is 0 Å². The molecule has 3 aromatic carbocycles. The van der Waals surface area contributed by atoms with Gasteiger partial charge in [-0.25, -0.2) is 13.2 Å². The summed E-state index contributed by atoms with van der Waals surface area (Å²) in [5.41, 5.74) is 2.99. The summed E-state index contributed by atoms with van der Waals surface area (Å²) in [7, 11) is 0.734. The number of ether oxygens (including phenoxy) is 3. The van der Waals surface area contributed by atoms with Gasteiger partial charge in [-0.1, -0.05) is 48.5 Å². The Labute approximate surface area is 222 Å². The molecule has 0 radical (unpaired) electrons. The highest BCUT2D eigenvalue weighted by atomic mass is 32.2. The summed E-state index contributed by atoms with van der Waals surface area (Å²) in [6.45, 7) is 2.30. The topological polar surface area (TPSA) is 108 Å². The normalized spacial score (nSPS) is 11.3. The predicted molar refractivity (Wildman–Crippen MR) is 147 cm³/mol. The molecule has 0 unspecified atom stereocenters. The van der Waals surface area contributed by atoms with Crippen molar-refractivity contribution in [2.45, 2.75) is 18.4 Å². The van der Waals surface area contributed by atoms with Crippen molar-refractivity contribution in [2.24, 2.45) is 0 Å². The second-order valence-corrected chi connectivity index (χ2v) is 10.7. The van der Waals surface area contributed by atoms with Crippen LogP contribution in [-0.4, -0.2) is 52.6 Å². The summed E-state index contributed by atoms with van der Waals surface area (Å²) in [5.74, 6) is 0.906. The SMILES string of the molecule is COc1cc(NC(=O)NCCS(=O)(=O)c2c(C)n(Cc3ccccc3)c3ccccc23)cc(OC)c1OC. The molecule has 0 aliphatic heterocycles. The lowest BCUT2D eigenvalue weighted by atomic mass is 10.2. The summed E-state index contributed by atoms with van der Waals surface area (Å²) in [4.78, 5) is 12.8. The highest BCUT2D eigenvalue weighted by Crippen LogP contribution is 2.40. The molecule has 0 saturated heterocycles. The zero-order valence-electron chi connectivity index (χ0n) is 21.8. The van der Waals surface area contributed by atoms with Gasteiger partial charge in [-0.2, -0.15) is 0 Å². The monoisotopic (exact) mass is 537 g/mol. The van der Waals surface area contributed by atoms with E-state index in [1.165, 1.54) is 21.3 Å². The summed E-state index contributed by atoms with van der Waals surface area (Å²) < 4.78 is 44.9. The zero-order valence-corrected chi connectivity index (χ0v) is 22.6. The number of hydrogen-bond acceptors (Lipinski definition) is 6. The van der Waals surface area contributed by atoms with Crippen LogP contribution in [-0.2, 0) is 16.4 Å². The molecule has 2 amide bonds. The molecular formula is C28H31N3O6S. The molecule has 2 N–H and O–H groups in total. The van der Waals surface area contributed by atoms with Crippen molar-refractivity contribution < 1.29 is 27.4 Å². The molecule has 0 spiro atoms. The molecule has 4 aromatic rings. The minimum absolute atomic E-state index is 0.0732. The van der Waals surface area contributed by atoms with Gasteiger partial charge in [0.1, 0.15) is 0 Å². The number of fused-ring (bicyclic) bond motifs is 1. The standard InChI is InChI=1S/C28H31N3O6S/c1-19-27(22-12-8-9-13-23(22)31(19)18-20-10-6-5-7-11-20)38(33,34)15-14-29-28(32)30-21-16-24(35-2)26(37-4)25(17-21)36-3/h5-13,16-17H,14-15,18H2,1-4H3,(H2,29,30,32). The zero-order chi connectivity index (χ0) is 27.3. The van der Waals surface area contributed by atoms with E-state index in [4.69, 9.17) is 14.2 Å². The van der Waals surface area contributed by atoms with Crippen LogP contribution >= 0.6 is 0 Å². The Morgan fingerprint density at radius 1 is 0.895 bits per heavy atom. The average molecular weight is 538 g/mol. The first-order chi connectivity index (χ1) is 18.3. The number of methoxy groups -OCH3 is 3. The number of carbonyl (C=O) groups excluding carboxylic acids is 1. The fraction of sp³-hybridized carbons (Fsp3) is 0.250. The number of hydrogen-bond donors (Lipinski definition) is 2. The molecule has 0 fully saturated rings. The van der Waals surface area contributed by atoms with Gasteiger partial charge >= 0.3 is 6.03 Å². The number of nitrogens with one attached hydrogen (secondary N) is 2. The maximum Gasteiger partial charge on any atom is 0.319 e. The number of urea groups is 1. The van der Waals surface area contributed by atoms with E-state index in [1.807, 2.05) is 66.1 Å². The minimum Gasteiger partial charge on any atom is -0.493 e. The van der Waals surface area contributed by atoms with E-state index >= 15 is 0 Å². The van der Waals surface area contributed by atoms with E-state index in [2.05, 4.69) is 10.6 Å². The van der Waals surface area contributed by atoms with E-state index in [1.54, 1.807) is 12.1 Å². The molecule has 0 aliphatic carbocycles. The van der Waals surface area contributed by atoms with Crippen LogP contribution in [0.2, 0.25) is 0 Å². The van der Waals surface area contributed by atoms with E-state index in [-0.39, 0.29) is 17.2 Å². The summed E-state index contributed by atoms with van der Waals surface area (Å²) in [6, 6.07) is 20.0. The Bertz CT molecular complexity index is 1520. The molecule has 0 bridgehead atoms. The molecule has 0 aliphatic rings. The molecule has 4 rings (SSSR count). The van der Waals surface area contributed by atoms with Crippen LogP contribution < -0.4 is 24.8 Å². The van der Waals surface area contributed by atoms with E-state index < -0.39 is 15.9 Å². The summed E-state index contributed by atoms with van der Waals surface area (Å²) in [5, 5.41) is 5.97. The first-order valence-electron chi connectivity index (χ1n) is 12.0. The molecular weight excluding hydrogens is 506 g/mol. The first kappa shape index (κ1) is 26.9. The van der Waals surface area contributed by atoms with Crippen molar-refractivity contribution in [1.29, 1.82) is 0 Å². The number of para-hydroxylation sites is 1. The Morgan fingerprint density at radius 3 is 2.16 bits per heavy atom. The van der Waals surface area contributed by atoms with Gasteiger partial charge in [0.15, 0.2) is 21.3 Å². The lowest BCUT2D eigenvalue weighted by Crippen LogP contribution is -2.33. The number of aromatic nitrogens is 1. The fourth-order valence-corrected chi connectivity index (χ4v) is 6.13. The van der Waals surface area contributed by atoms with Crippen LogP contribution in [0.3, 0.4) is 0 Å². The van der Waals surface area contributed by atoms with Crippen molar-refractivity contribution in [3.8, 4) is 17.2 Å². The Hall–Kier alpha value is -4.18. The molecule has 10 heteroatoms. The molecule has 38 heavy (non-hydrogen) atoms. The molecule has 1 aromatic heterocycles. The van der Waals surface area contributed by atoms with Crippen molar-refractivity contribution in [3.05, 3.63) is 78.0 Å². The molecule has 0 atom stereocenters. The second kappa shape index (κ2) is 11.5. The quantitative estimate of drug-likeness (QED) is 0.306. The first-order valence-corrected chi connectivity index (χ1v) is 13.6. The maximum absolute atomic E-state index is 13.5. The Kier molecular flexibility index (Phi) is 8.11. The van der Waals surface area contributed by atoms with E-state index in [0.29, 0.717) is 40.6 Å². The third kappa shape index (κ3) is 5.55. The third-order valence-corrected chi connectivity index (χ3v) is 8.13. The van der Waals surface area contributed by atoms with Crippen LogP contribution in [0.5, 0.6) is 17.2 Å². The number of rotatable bonds is 10. The van der Waals surface area contributed by atoms with Crippen LogP contribution in [0, 0.1) is 6.92 Å². The van der Waals surface area contributed by atoms with Crippen LogP contribution in [0.25, 0.3) is 10.9 Å². The van der Waals surface area contributed by atoms with Gasteiger partial charge in [0.2, 0.25) is 5.75 Å². The lowest BCUT2D eigenvalue weighted by molar-refractivity contribution is 0.252. The van der Waals surface area contributed by atoms with Gasteiger partial charge in [0, 0.05) is 41.8 Å². The molecule has 9 nitrogen and oxygen atoms in total. The number of amides is 2. The predicted octanol–water partition coefficient (Wildman–Crippen LogP) is 4.62. The maximum atomic E-state index is 13.5. The number of sulfone groups is 1. The third-order valence-electron chi connectivity index (χ3n) is 6.25. The van der Waals surface area contributed by atoms with Gasteiger partial charge in [-0.15, -0.1) is 0 Å². The van der Waals surface area contributed by atoms with E-state index in [9.17, 15) is 13.2 Å². The van der Waals surface area contributed by atoms with Crippen molar-refractivity contribution in [2.75, 3.05) is 38.9 Å². The summed E-state index contributed by atoms with van der Waals surface area (Å²) in [6.07, 6.45) is 0. The highest BCUT2D eigenvalue weighted by molar-refractivity contribution is 7.91. The fourth-order valence-electron chi connectivity index (χ4n) is 4.49. The number of nitrogens with zero attached hydrogens (tertiary/aromatic N) is 1. The van der Waals surface area contributed by atoms with Gasteiger partial charge in [0.05, 0.1) is 37.7 Å². The number of carbonyl (C=O) groups is 1. The second-order valence-electron chi connectivity index (χ2n) is 8.62. The van der Waals surface area contributed by atoms with Crippen LogP contribution in [0.15, 0.2) is 71.6 Å². The van der Waals surface area contributed by atoms with Crippen molar-refractivity contribution in [3.63, 3.8) is 0 Å². The van der Waals surface area contributed by atoms with Crippen molar-refractivity contribution in [1.82, 2.24) is 9.88 Å². The highest BCUT2D eigenvalue weighted by Gasteiger charge is 2.25. The average Bonchev–Trinajstić information content (AvgIpc) is 3.20. The van der Waals surface area contributed by atoms with E-state index in [0.717, 1.165) is 11.1 Å².